The van der Waals surface area contributed by atoms with E-state index in [1.54, 1.807) is 31.4 Å². The summed E-state index contributed by atoms with van der Waals surface area (Å²) in [7, 11) is 1.58. The zero-order chi connectivity index (χ0) is 24.7. The van der Waals surface area contributed by atoms with Crippen molar-refractivity contribution in [2.24, 2.45) is 5.73 Å². The molecule has 2 aliphatic rings. The number of nitrogens with zero attached hydrogens (tertiary/aromatic N) is 3. The number of aromatic nitrogens is 2. The second kappa shape index (κ2) is 9.02. The molecule has 5 rings (SSSR count). The van der Waals surface area contributed by atoms with Crippen molar-refractivity contribution in [3.63, 3.8) is 0 Å². The van der Waals surface area contributed by atoms with Crippen LogP contribution in [-0.2, 0) is 11.2 Å². The van der Waals surface area contributed by atoms with E-state index < -0.39 is 5.91 Å². The monoisotopic (exact) mass is 472 g/mol. The highest BCUT2D eigenvalue weighted by Crippen LogP contribution is 2.36. The Hall–Kier alpha value is -3.94. The zero-order valence-electron chi connectivity index (χ0n) is 19.9. The molecule has 2 aromatic carbocycles. The summed E-state index contributed by atoms with van der Waals surface area (Å²) in [6, 6.07) is 15.0. The van der Waals surface area contributed by atoms with E-state index in [4.69, 9.17) is 10.5 Å². The number of benzene rings is 2. The van der Waals surface area contributed by atoms with Crippen LogP contribution in [0.5, 0.6) is 5.75 Å². The Morgan fingerprint density at radius 3 is 2.31 bits per heavy atom. The Kier molecular flexibility index (Phi) is 5.88. The number of piperidine rings is 1. The minimum absolute atomic E-state index is 0.0998. The van der Waals surface area contributed by atoms with Gasteiger partial charge in [0.1, 0.15) is 11.4 Å². The van der Waals surface area contributed by atoms with Crippen LogP contribution in [-0.4, -0.2) is 40.5 Å². The maximum absolute atomic E-state index is 13.8. The van der Waals surface area contributed by atoms with Crippen LogP contribution in [0, 0.1) is 0 Å². The van der Waals surface area contributed by atoms with Crippen LogP contribution >= 0.6 is 0 Å². The molecule has 180 valence electrons. The molecule has 0 radical (unpaired) electrons. The fourth-order valence-electron chi connectivity index (χ4n) is 5.26. The molecule has 3 aromatic rings. The minimum Gasteiger partial charge on any atom is -0.497 e. The smallest absolute Gasteiger partial charge is 0.269 e. The van der Waals surface area contributed by atoms with Crippen LogP contribution in [0.15, 0.2) is 48.5 Å². The molecule has 2 unspecified atom stereocenters. The van der Waals surface area contributed by atoms with Crippen molar-refractivity contribution in [3.8, 4) is 11.4 Å². The Balaban J connectivity index is 1.49. The van der Waals surface area contributed by atoms with Crippen LogP contribution in [0.1, 0.15) is 70.6 Å². The van der Waals surface area contributed by atoms with E-state index in [0.29, 0.717) is 42.0 Å². The van der Waals surface area contributed by atoms with Gasteiger partial charge in [0.15, 0.2) is 11.5 Å². The quantitative estimate of drug-likeness (QED) is 0.608. The Bertz CT molecular complexity index is 1290. The van der Waals surface area contributed by atoms with Gasteiger partial charge in [-0.3, -0.25) is 14.4 Å². The van der Waals surface area contributed by atoms with Gasteiger partial charge in [0.25, 0.3) is 5.91 Å². The van der Waals surface area contributed by atoms with Gasteiger partial charge in [-0.1, -0.05) is 12.1 Å². The lowest BCUT2D eigenvalue weighted by atomic mass is 9.81. The van der Waals surface area contributed by atoms with E-state index in [2.05, 4.69) is 12.0 Å². The van der Waals surface area contributed by atoms with Crippen molar-refractivity contribution in [1.82, 2.24) is 9.78 Å². The summed E-state index contributed by atoms with van der Waals surface area (Å²) in [6.07, 6.45) is 3.54. The predicted molar refractivity (Wildman–Crippen MR) is 131 cm³/mol. The van der Waals surface area contributed by atoms with E-state index >= 15 is 0 Å². The van der Waals surface area contributed by atoms with E-state index in [-0.39, 0.29) is 29.3 Å². The van der Waals surface area contributed by atoms with Crippen molar-refractivity contribution in [2.75, 3.05) is 12.0 Å². The lowest BCUT2D eigenvalue weighted by Crippen LogP contribution is -2.42. The van der Waals surface area contributed by atoms with Crippen molar-refractivity contribution >= 4 is 23.3 Å². The van der Waals surface area contributed by atoms with Gasteiger partial charge >= 0.3 is 0 Å². The highest BCUT2D eigenvalue weighted by molar-refractivity contribution is 6.05. The van der Waals surface area contributed by atoms with Gasteiger partial charge in [0.2, 0.25) is 5.91 Å². The van der Waals surface area contributed by atoms with Crippen molar-refractivity contribution in [1.29, 1.82) is 0 Å². The molecule has 1 saturated heterocycles. The van der Waals surface area contributed by atoms with E-state index in [0.717, 1.165) is 24.1 Å². The molecule has 35 heavy (non-hydrogen) atoms. The van der Waals surface area contributed by atoms with Gasteiger partial charge in [-0.05, 0) is 74.6 Å². The van der Waals surface area contributed by atoms with E-state index in [9.17, 15) is 14.4 Å². The first-order valence-corrected chi connectivity index (χ1v) is 11.9. The summed E-state index contributed by atoms with van der Waals surface area (Å²) >= 11 is 0. The molecular formula is C27H28N4O4. The van der Waals surface area contributed by atoms with Crippen molar-refractivity contribution in [2.45, 2.75) is 51.0 Å². The number of rotatable bonds is 5. The number of methoxy groups -OCH3 is 1. The molecule has 1 aliphatic carbocycles. The normalized spacial score (nSPS) is 20.0. The average Bonchev–Trinajstić information content (AvgIpc) is 3.26. The maximum atomic E-state index is 13.8. The molecule has 8 heteroatoms. The van der Waals surface area contributed by atoms with E-state index in [1.165, 1.54) is 4.68 Å². The maximum Gasteiger partial charge on any atom is 0.269 e. The van der Waals surface area contributed by atoms with Crippen LogP contribution in [0.2, 0.25) is 0 Å². The zero-order valence-corrected chi connectivity index (χ0v) is 19.9. The Morgan fingerprint density at radius 1 is 1.00 bits per heavy atom. The van der Waals surface area contributed by atoms with Gasteiger partial charge in [0.05, 0.1) is 12.8 Å². The average molecular weight is 473 g/mol. The number of Topliss-reactive ketones (excluding diaryl/α,β-unsaturated/α-hetero) is 1. The fourth-order valence-corrected chi connectivity index (χ4v) is 5.26. The first-order valence-electron chi connectivity index (χ1n) is 11.9. The molecule has 2 N–H and O–H groups in total. The number of hydrogen-bond acceptors (Lipinski definition) is 5. The number of fused-ring (bicyclic) bond motifs is 1. The minimum atomic E-state index is -0.649. The summed E-state index contributed by atoms with van der Waals surface area (Å²) in [5.41, 5.74) is 9.11. The second-order valence-electron chi connectivity index (χ2n) is 9.20. The number of anilines is 1. The number of ether oxygens (including phenoxy) is 1. The number of ketones is 1. The number of amides is 2. The Morgan fingerprint density at radius 2 is 1.69 bits per heavy atom. The Labute approximate surface area is 203 Å². The summed E-state index contributed by atoms with van der Waals surface area (Å²) in [4.78, 5) is 40.2. The number of primary amides is 1. The summed E-state index contributed by atoms with van der Waals surface area (Å²) < 4.78 is 6.75. The molecule has 0 spiro atoms. The van der Waals surface area contributed by atoms with Gasteiger partial charge in [-0.25, -0.2) is 4.68 Å². The molecule has 2 amide bonds. The van der Waals surface area contributed by atoms with Crippen LogP contribution in [0.25, 0.3) is 5.69 Å². The second-order valence-corrected chi connectivity index (χ2v) is 9.20. The third kappa shape index (κ3) is 3.99. The molecular weight excluding hydrogens is 444 g/mol. The number of hydrogen-bond donors (Lipinski definition) is 1. The lowest BCUT2D eigenvalue weighted by molar-refractivity contribution is -0.120. The highest BCUT2D eigenvalue weighted by Gasteiger charge is 2.36. The van der Waals surface area contributed by atoms with Crippen LogP contribution in [0.3, 0.4) is 0 Å². The molecule has 0 saturated carbocycles. The first kappa shape index (κ1) is 22.8. The van der Waals surface area contributed by atoms with Gasteiger partial charge < -0.3 is 15.4 Å². The van der Waals surface area contributed by atoms with Crippen molar-refractivity contribution in [3.05, 3.63) is 71.0 Å². The molecule has 0 bridgehead atoms. The number of nitrogens with two attached hydrogens (primary N) is 1. The lowest BCUT2D eigenvalue weighted by Gasteiger charge is -2.33. The largest absolute Gasteiger partial charge is 0.497 e. The standard InChI is InChI=1S/C27H28N4O4/c1-16-4-3-5-23(32)30(16)18-8-6-17(7-9-18)21-14-15-22-24(27(28)34)29-31(25(22)26(21)33)19-10-12-20(35-2)13-11-19/h6-13,16,21H,3-5,14-15H2,1-2H3,(H2,28,34). The van der Waals surface area contributed by atoms with Gasteiger partial charge in [-0.15, -0.1) is 0 Å². The third-order valence-corrected chi connectivity index (χ3v) is 7.06. The van der Waals surface area contributed by atoms with E-state index in [1.807, 2.05) is 29.2 Å². The highest BCUT2D eigenvalue weighted by atomic mass is 16.5. The first-order chi connectivity index (χ1) is 16.9. The SMILES string of the molecule is COc1ccc(-n2nc(C(N)=O)c3c2C(=O)C(c2ccc(N4C(=O)CCCC4C)cc2)CC3)cc1. The number of carbonyl (C=O) groups excluding carboxylic acids is 3. The molecule has 1 fully saturated rings. The molecule has 1 aromatic heterocycles. The summed E-state index contributed by atoms with van der Waals surface area (Å²) in [5, 5.41) is 4.42. The molecule has 1 aliphatic heterocycles. The third-order valence-electron chi connectivity index (χ3n) is 7.06. The van der Waals surface area contributed by atoms with Gasteiger partial charge in [-0.2, -0.15) is 5.10 Å². The topological polar surface area (TPSA) is 108 Å². The summed E-state index contributed by atoms with van der Waals surface area (Å²) in [6.45, 7) is 2.06. The fraction of sp³-hybridized carbons (Fsp3) is 0.333. The number of carbonyl (C=O) groups is 3. The molecule has 2 atom stereocenters. The van der Waals surface area contributed by atoms with Crippen LogP contribution < -0.4 is 15.4 Å². The van der Waals surface area contributed by atoms with Gasteiger partial charge in [0, 0.05) is 29.6 Å². The predicted octanol–water partition coefficient (Wildman–Crippen LogP) is 3.80. The molecule has 2 heterocycles. The van der Waals surface area contributed by atoms with Crippen LogP contribution in [0.4, 0.5) is 5.69 Å². The summed E-state index contributed by atoms with van der Waals surface area (Å²) in [5.74, 6) is -0.310. The van der Waals surface area contributed by atoms with Crippen molar-refractivity contribution < 1.29 is 19.1 Å². The molecule has 8 nitrogen and oxygen atoms in total.